The molecule has 5 unspecified atom stereocenters. The van der Waals surface area contributed by atoms with Crippen molar-refractivity contribution in [3.8, 4) is 0 Å². The van der Waals surface area contributed by atoms with Gasteiger partial charge in [0, 0.05) is 12.1 Å². The zero-order valence-electron chi connectivity index (χ0n) is 18.4. The average molecular weight is 399 g/mol. The molecule has 0 saturated heterocycles. The van der Waals surface area contributed by atoms with Gasteiger partial charge in [-0.3, -0.25) is 9.48 Å². The van der Waals surface area contributed by atoms with Gasteiger partial charge in [0.05, 0.1) is 18.3 Å². The van der Waals surface area contributed by atoms with Gasteiger partial charge in [-0.05, 0) is 112 Å². The van der Waals surface area contributed by atoms with Crippen molar-refractivity contribution in [2.45, 2.75) is 90.7 Å². The van der Waals surface area contributed by atoms with Crippen LogP contribution in [0.15, 0.2) is 12.4 Å². The number of nitrogens with zero attached hydrogens (tertiary/aromatic N) is 2. The lowest BCUT2D eigenvalue weighted by Gasteiger charge is -2.56. The summed E-state index contributed by atoms with van der Waals surface area (Å²) in [6.07, 6.45) is 14.5. The van der Waals surface area contributed by atoms with Gasteiger partial charge < -0.3 is 5.11 Å². The Bertz CT molecular complexity index is 784. The Hall–Kier alpha value is -1.16. The monoisotopic (exact) mass is 398 g/mol. The molecule has 8 atom stereocenters. The van der Waals surface area contributed by atoms with E-state index in [1.807, 2.05) is 30.9 Å². The van der Waals surface area contributed by atoms with Crippen LogP contribution in [0.3, 0.4) is 0 Å². The summed E-state index contributed by atoms with van der Waals surface area (Å²) in [7, 11) is 0. The van der Waals surface area contributed by atoms with Crippen molar-refractivity contribution in [1.29, 1.82) is 0 Å². The Morgan fingerprint density at radius 1 is 1.10 bits per heavy atom. The molecular weight excluding hydrogens is 360 g/mol. The van der Waals surface area contributed by atoms with Crippen LogP contribution >= 0.6 is 0 Å². The van der Waals surface area contributed by atoms with Crippen LogP contribution in [0.1, 0.15) is 77.2 Å². The van der Waals surface area contributed by atoms with E-state index in [2.05, 4.69) is 12.0 Å². The van der Waals surface area contributed by atoms with E-state index < -0.39 is 5.60 Å². The molecule has 4 aliphatic carbocycles. The van der Waals surface area contributed by atoms with Gasteiger partial charge in [0.15, 0.2) is 5.78 Å². The second-order valence-corrected chi connectivity index (χ2v) is 11.5. The molecule has 160 valence electrons. The maximum Gasteiger partial charge on any atom is 0.157 e. The molecule has 1 aromatic rings. The maximum atomic E-state index is 13.3. The Balaban J connectivity index is 1.31. The van der Waals surface area contributed by atoms with Crippen molar-refractivity contribution in [1.82, 2.24) is 9.78 Å². The van der Waals surface area contributed by atoms with Gasteiger partial charge in [0.25, 0.3) is 0 Å². The Labute approximate surface area is 175 Å². The second kappa shape index (κ2) is 6.93. The minimum atomic E-state index is -0.438. The Morgan fingerprint density at radius 3 is 2.66 bits per heavy atom. The molecule has 1 aromatic heterocycles. The normalized spacial score (nSPS) is 46.6. The number of aromatic nitrogens is 2. The molecule has 0 radical (unpaired) electrons. The van der Waals surface area contributed by atoms with Crippen LogP contribution in [0.4, 0.5) is 0 Å². The highest BCUT2D eigenvalue weighted by Gasteiger charge is 2.58. The van der Waals surface area contributed by atoms with Gasteiger partial charge in [-0.1, -0.05) is 6.92 Å². The lowest BCUT2D eigenvalue weighted by Crippen LogP contribution is -2.51. The van der Waals surface area contributed by atoms with Crippen LogP contribution in [-0.2, 0) is 11.3 Å². The van der Waals surface area contributed by atoms with Crippen LogP contribution in [-0.4, -0.2) is 26.3 Å². The fraction of sp³-hybridized carbons (Fsp3) is 0.840. The molecule has 0 amide bonds. The number of carbonyl (C=O) groups excluding carboxylic acids is 1. The van der Waals surface area contributed by atoms with E-state index in [9.17, 15) is 9.90 Å². The zero-order chi connectivity index (χ0) is 20.4. The number of aryl methyl sites for hydroxylation is 1. The largest absolute Gasteiger partial charge is 0.390 e. The highest BCUT2D eigenvalue weighted by molar-refractivity contribution is 5.82. The second-order valence-electron chi connectivity index (χ2n) is 11.5. The number of aliphatic hydroxyl groups is 1. The van der Waals surface area contributed by atoms with Crippen LogP contribution in [0.5, 0.6) is 0 Å². The van der Waals surface area contributed by atoms with Crippen molar-refractivity contribution in [2.24, 2.45) is 40.9 Å². The summed E-state index contributed by atoms with van der Waals surface area (Å²) < 4.78 is 1.83. The molecule has 0 aliphatic heterocycles. The number of carbonyl (C=O) groups is 1. The van der Waals surface area contributed by atoms with Crippen molar-refractivity contribution in [3.63, 3.8) is 0 Å². The Kier molecular flexibility index (Phi) is 4.73. The summed E-state index contributed by atoms with van der Waals surface area (Å²) in [5, 5.41) is 14.9. The van der Waals surface area contributed by atoms with E-state index in [4.69, 9.17) is 0 Å². The lowest BCUT2D eigenvalue weighted by atomic mass is 9.49. The molecule has 5 rings (SSSR count). The van der Waals surface area contributed by atoms with Crippen LogP contribution in [0, 0.1) is 47.8 Å². The first kappa shape index (κ1) is 19.8. The molecule has 0 spiro atoms. The van der Waals surface area contributed by atoms with Gasteiger partial charge in [-0.2, -0.15) is 5.10 Å². The zero-order valence-corrected chi connectivity index (χ0v) is 18.4. The maximum absolute atomic E-state index is 13.3. The molecule has 4 heteroatoms. The highest BCUT2D eigenvalue weighted by Crippen LogP contribution is 2.64. The summed E-state index contributed by atoms with van der Waals surface area (Å²) in [5.74, 6) is 4.53. The van der Waals surface area contributed by atoms with Crippen LogP contribution in [0.25, 0.3) is 0 Å². The minimum Gasteiger partial charge on any atom is -0.390 e. The molecule has 4 nitrogen and oxygen atoms in total. The van der Waals surface area contributed by atoms with Crippen LogP contribution in [0.2, 0.25) is 0 Å². The molecule has 1 N–H and O–H groups in total. The fourth-order valence-electron chi connectivity index (χ4n) is 8.43. The molecule has 4 fully saturated rings. The molecule has 0 aromatic carbocycles. The third kappa shape index (κ3) is 3.30. The SMILES string of the molecule is Cc1cnn(CC(=O)C2CC[C@H]3C4CCC5C[C@](C)(O)CCC5[C@H]4CCC23C)c1. The molecule has 1 heterocycles. The van der Waals surface area contributed by atoms with E-state index in [1.54, 1.807) is 0 Å². The minimum absolute atomic E-state index is 0.188. The molecule has 4 aliphatic rings. The first-order valence-corrected chi connectivity index (χ1v) is 12.0. The quantitative estimate of drug-likeness (QED) is 0.797. The van der Waals surface area contributed by atoms with Gasteiger partial charge >= 0.3 is 0 Å². The lowest BCUT2D eigenvalue weighted by molar-refractivity contribution is -0.133. The van der Waals surface area contributed by atoms with E-state index >= 15 is 0 Å². The van der Waals surface area contributed by atoms with Crippen molar-refractivity contribution < 1.29 is 9.90 Å². The average Bonchev–Trinajstić information content (AvgIpc) is 3.22. The van der Waals surface area contributed by atoms with Gasteiger partial charge in [-0.25, -0.2) is 0 Å². The van der Waals surface area contributed by atoms with Crippen LogP contribution < -0.4 is 0 Å². The summed E-state index contributed by atoms with van der Waals surface area (Å²) in [5.41, 5.74) is 0.873. The first-order valence-electron chi connectivity index (χ1n) is 12.0. The van der Waals surface area contributed by atoms with E-state index in [0.29, 0.717) is 12.3 Å². The van der Waals surface area contributed by atoms with Gasteiger partial charge in [-0.15, -0.1) is 0 Å². The molecule has 29 heavy (non-hydrogen) atoms. The third-order valence-corrected chi connectivity index (χ3v) is 9.71. The molecule has 0 bridgehead atoms. The number of hydrogen-bond acceptors (Lipinski definition) is 3. The standard InChI is InChI=1S/C25H38N2O2/c1-16-13-26-27(14-16)15-23(28)22-7-6-21-20-5-4-17-12-24(2,29)10-8-18(17)19(20)9-11-25(21,22)3/h13-14,17-22,29H,4-12,15H2,1-3H3/t17?,18?,19-,20?,21+,22?,24-,25?/m1/s1. The fourth-order valence-corrected chi connectivity index (χ4v) is 8.43. The molecular formula is C25H38N2O2. The number of hydrogen-bond donors (Lipinski definition) is 1. The smallest absolute Gasteiger partial charge is 0.157 e. The van der Waals surface area contributed by atoms with Crippen molar-refractivity contribution in [2.75, 3.05) is 0 Å². The van der Waals surface area contributed by atoms with E-state index in [0.717, 1.165) is 54.4 Å². The third-order valence-electron chi connectivity index (χ3n) is 9.71. The predicted octanol–water partition coefficient (Wildman–Crippen LogP) is 4.78. The van der Waals surface area contributed by atoms with E-state index in [1.165, 1.54) is 38.5 Å². The van der Waals surface area contributed by atoms with E-state index in [-0.39, 0.29) is 11.3 Å². The number of rotatable bonds is 3. The van der Waals surface area contributed by atoms with Gasteiger partial charge in [0.1, 0.15) is 0 Å². The summed E-state index contributed by atoms with van der Waals surface area (Å²) in [4.78, 5) is 13.3. The first-order chi connectivity index (χ1) is 13.8. The summed E-state index contributed by atoms with van der Waals surface area (Å²) >= 11 is 0. The number of fused-ring (bicyclic) bond motifs is 5. The van der Waals surface area contributed by atoms with Crippen molar-refractivity contribution >= 4 is 5.78 Å². The van der Waals surface area contributed by atoms with Gasteiger partial charge in [0.2, 0.25) is 0 Å². The predicted molar refractivity (Wildman–Crippen MR) is 113 cm³/mol. The number of Topliss-reactive ketones (excluding diaryl/α,β-unsaturated/α-hetero) is 1. The topological polar surface area (TPSA) is 55.1 Å². The summed E-state index contributed by atoms with van der Waals surface area (Å²) in [6.45, 7) is 6.95. The van der Waals surface area contributed by atoms with Crippen molar-refractivity contribution in [3.05, 3.63) is 18.0 Å². The summed E-state index contributed by atoms with van der Waals surface area (Å²) in [6, 6.07) is 0. The highest BCUT2D eigenvalue weighted by atomic mass is 16.3. The Morgan fingerprint density at radius 2 is 1.90 bits per heavy atom. The molecule has 4 saturated carbocycles. The number of ketones is 1.